The van der Waals surface area contributed by atoms with Crippen molar-refractivity contribution in [3.8, 4) is 11.5 Å². The number of esters is 1. The van der Waals surface area contributed by atoms with Crippen LogP contribution in [-0.2, 0) is 4.74 Å². The highest BCUT2D eigenvalue weighted by molar-refractivity contribution is 6.32. The van der Waals surface area contributed by atoms with E-state index >= 15 is 0 Å². The molecule has 1 unspecified atom stereocenters. The van der Waals surface area contributed by atoms with Crippen LogP contribution in [-0.4, -0.2) is 49.7 Å². The molecule has 0 amide bonds. The van der Waals surface area contributed by atoms with E-state index in [1.54, 1.807) is 0 Å². The van der Waals surface area contributed by atoms with E-state index in [1.807, 2.05) is 0 Å². The molecule has 0 radical (unpaired) electrons. The molecule has 0 aliphatic carbocycles. The smallest absolute Gasteiger partial charge is 0.338 e. The van der Waals surface area contributed by atoms with Gasteiger partial charge in [-0.15, -0.1) is 0 Å². The van der Waals surface area contributed by atoms with Gasteiger partial charge >= 0.3 is 5.97 Å². The molecule has 6 nitrogen and oxygen atoms in total. The lowest BCUT2D eigenvalue weighted by atomic mass is 10.2. The number of halogens is 1. The van der Waals surface area contributed by atoms with Gasteiger partial charge in [-0.3, -0.25) is 0 Å². The third-order valence-electron chi connectivity index (χ3n) is 2.28. The molecule has 0 heterocycles. The van der Waals surface area contributed by atoms with Gasteiger partial charge in [-0.25, -0.2) is 4.79 Å². The molecule has 1 aromatic carbocycles. The third kappa shape index (κ3) is 3.99. The molecule has 1 aromatic rings. The van der Waals surface area contributed by atoms with Gasteiger partial charge in [0.2, 0.25) is 0 Å². The minimum absolute atomic E-state index is 0.143. The number of hydrogen-bond donors (Lipinski definition) is 2. The van der Waals surface area contributed by atoms with Gasteiger partial charge < -0.3 is 24.4 Å². The maximum absolute atomic E-state index is 11.4. The molecule has 0 aliphatic rings. The van der Waals surface area contributed by atoms with Crippen molar-refractivity contribution in [2.24, 2.45) is 0 Å². The molecule has 0 aromatic heterocycles. The molecule has 0 saturated heterocycles. The highest BCUT2D eigenvalue weighted by Crippen LogP contribution is 2.36. The number of rotatable bonds is 6. The molecule has 0 aliphatic heterocycles. The maximum atomic E-state index is 11.4. The predicted molar refractivity (Wildman–Crippen MR) is 67.9 cm³/mol. The van der Waals surface area contributed by atoms with Crippen molar-refractivity contribution in [3.05, 3.63) is 22.7 Å². The molecule has 0 fully saturated rings. The Bertz CT molecular complexity index is 448. The average molecular weight is 291 g/mol. The molecular weight excluding hydrogens is 276 g/mol. The molecule has 1 atom stereocenters. The van der Waals surface area contributed by atoms with Crippen LogP contribution >= 0.6 is 11.6 Å². The lowest BCUT2D eigenvalue weighted by Crippen LogP contribution is -2.21. The number of benzene rings is 1. The van der Waals surface area contributed by atoms with E-state index in [4.69, 9.17) is 26.2 Å². The summed E-state index contributed by atoms with van der Waals surface area (Å²) in [4.78, 5) is 11.4. The Morgan fingerprint density at radius 1 is 1.42 bits per heavy atom. The molecule has 106 valence electrons. The minimum Gasteiger partial charge on any atom is -0.493 e. The zero-order chi connectivity index (χ0) is 14.4. The Balaban J connectivity index is 3.01. The predicted octanol–water partition coefficient (Wildman–Crippen LogP) is 0.867. The van der Waals surface area contributed by atoms with Gasteiger partial charge in [-0.1, -0.05) is 11.6 Å². The molecule has 19 heavy (non-hydrogen) atoms. The fourth-order valence-corrected chi connectivity index (χ4v) is 1.59. The molecule has 0 spiro atoms. The van der Waals surface area contributed by atoms with E-state index in [0.717, 1.165) is 0 Å². The molecule has 2 N–H and O–H groups in total. The molecular formula is C12H15ClO6. The number of carbonyl (C=O) groups excluding carboxylic acids is 1. The molecule has 0 bridgehead atoms. The van der Waals surface area contributed by atoms with E-state index in [-0.39, 0.29) is 28.7 Å². The first kappa shape index (κ1) is 15.6. The van der Waals surface area contributed by atoms with Gasteiger partial charge in [-0.2, -0.15) is 0 Å². The van der Waals surface area contributed by atoms with Crippen LogP contribution < -0.4 is 9.47 Å². The van der Waals surface area contributed by atoms with Gasteiger partial charge in [0.1, 0.15) is 12.7 Å². The number of aliphatic hydroxyl groups is 2. The quantitative estimate of drug-likeness (QED) is 0.756. The molecule has 7 heteroatoms. The fraction of sp³-hybridized carbons (Fsp3) is 0.417. The maximum Gasteiger partial charge on any atom is 0.338 e. The molecule has 1 rings (SSSR count). The van der Waals surface area contributed by atoms with Crippen molar-refractivity contribution in [2.45, 2.75) is 6.10 Å². The zero-order valence-electron chi connectivity index (χ0n) is 10.6. The van der Waals surface area contributed by atoms with Crippen molar-refractivity contribution < 1.29 is 29.2 Å². The van der Waals surface area contributed by atoms with Crippen molar-refractivity contribution in [1.82, 2.24) is 0 Å². The summed E-state index contributed by atoms with van der Waals surface area (Å²) in [6, 6.07) is 2.79. The lowest BCUT2D eigenvalue weighted by molar-refractivity contribution is 0.0526. The monoisotopic (exact) mass is 290 g/mol. The summed E-state index contributed by atoms with van der Waals surface area (Å²) in [6.45, 7) is -0.579. The summed E-state index contributed by atoms with van der Waals surface area (Å²) >= 11 is 5.98. The second-order valence-electron chi connectivity index (χ2n) is 3.63. The van der Waals surface area contributed by atoms with E-state index in [9.17, 15) is 9.90 Å². The summed E-state index contributed by atoms with van der Waals surface area (Å²) in [5.74, 6) is -0.135. The minimum atomic E-state index is -1.03. The fourth-order valence-electron chi connectivity index (χ4n) is 1.33. The van der Waals surface area contributed by atoms with E-state index in [1.165, 1.54) is 26.4 Å². The van der Waals surface area contributed by atoms with Crippen LogP contribution in [0.2, 0.25) is 5.02 Å². The summed E-state index contributed by atoms with van der Waals surface area (Å²) in [7, 11) is 2.65. The largest absolute Gasteiger partial charge is 0.493 e. The topological polar surface area (TPSA) is 85.2 Å². The van der Waals surface area contributed by atoms with Gasteiger partial charge in [0, 0.05) is 0 Å². The van der Waals surface area contributed by atoms with Gasteiger partial charge in [0.05, 0.1) is 31.4 Å². The van der Waals surface area contributed by atoms with Gasteiger partial charge in [-0.05, 0) is 12.1 Å². The zero-order valence-corrected chi connectivity index (χ0v) is 11.3. The number of methoxy groups -OCH3 is 2. The number of aliphatic hydroxyl groups excluding tert-OH is 2. The van der Waals surface area contributed by atoms with Crippen LogP contribution in [0.15, 0.2) is 12.1 Å². The van der Waals surface area contributed by atoms with Crippen LogP contribution in [0.1, 0.15) is 10.4 Å². The Hall–Kier alpha value is -1.50. The van der Waals surface area contributed by atoms with E-state index in [2.05, 4.69) is 4.74 Å². The summed E-state index contributed by atoms with van der Waals surface area (Å²) in [5, 5.41) is 18.1. The van der Waals surface area contributed by atoms with Crippen LogP contribution in [0.25, 0.3) is 0 Å². The summed E-state index contributed by atoms with van der Waals surface area (Å²) in [6.07, 6.45) is -1.03. The second-order valence-corrected chi connectivity index (χ2v) is 4.04. The first-order valence-electron chi connectivity index (χ1n) is 5.41. The Kier molecular flexibility index (Phi) is 5.88. The Morgan fingerprint density at radius 3 is 2.63 bits per heavy atom. The average Bonchev–Trinajstić information content (AvgIpc) is 2.43. The summed E-state index contributed by atoms with van der Waals surface area (Å²) in [5.41, 5.74) is 0.222. The number of carbonyl (C=O) groups is 1. The number of hydrogen-bond acceptors (Lipinski definition) is 6. The molecule has 0 saturated carbocycles. The highest BCUT2D eigenvalue weighted by Gasteiger charge is 2.17. The van der Waals surface area contributed by atoms with Crippen molar-refractivity contribution >= 4 is 17.6 Å². The van der Waals surface area contributed by atoms with Gasteiger partial charge in [0.25, 0.3) is 0 Å². The van der Waals surface area contributed by atoms with E-state index < -0.39 is 18.7 Å². The van der Waals surface area contributed by atoms with Crippen LogP contribution in [0.3, 0.4) is 0 Å². The number of ether oxygens (including phenoxy) is 3. The van der Waals surface area contributed by atoms with Crippen LogP contribution in [0.4, 0.5) is 0 Å². The Labute approximate surface area is 115 Å². The Morgan fingerprint density at radius 2 is 2.11 bits per heavy atom. The lowest BCUT2D eigenvalue weighted by Gasteiger charge is -2.15. The van der Waals surface area contributed by atoms with Gasteiger partial charge in [0.15, 0.2) is 11.5 Å². The van der Waals surface area contributed by atoms with Crippen LogP contribution in [0.5, 0.6) is 11.5 Å². The van der Waals surface area contributed by atoms with Crippen LogP contribution in [0, 0.1) is 0 Å². The second kappa shape index (κ2) is 7.18. The highest BCUT2D eigenvalue weighted by atomic mass is 35.5. The van der Waals surface area contributed by atoms with Crippen molar-refractivity contribution in [2.75, 3.05) is 27.4 Å². The van der Waals surface area contributed by atoms with E-state index in [0.29, 0.717) is 0 Å². The first-order valence-corrected chi connectivity index (χ1v) is 5.78. The SMILES string of the molecule is COC(=O)c1cc(Cl)c(OCC(O)CO)c(OC)c1. The summed E-state index contributed by atoms with van der Waals surface area (Å²) < 4.78 is 14.9. The first-order chi connectivity index (χ1) is 9.03. The normalized spacial score (nSPS) is 11.8. The third-order valence-corrected chi connectivity index (χ3v) is 2.56. The van der Waals surface area contributed by atoms with Crippen molar-refractivity contribution in [3.63, 3.8) is 0 Å². The van der Waals surface area contributed by atoms with Crippen molar-refractivity contribution in [1.29, 1.82) is 0 Å². The standard InChI is InChI=1S/C12H15ClO6/c1-17-10-4-7(12(16)18-2)3-9(13)11(10)19-6-8(15)5-14/h3-4,8,14-15H,5-6H2,1-2H3.